The number of para-hydroxylation sites is 1. The molecule has 0 unspecified atom stereocenters. The fraction of sp³-hybridized carbons (Fsp3) is 0.130. The van der Waals surface area contributed by atoms with Crippen LogP contribution in [0.5, 0.6) is 11.5 Å². The molecule has 152 valence electrons. The number of benzene rings is 3. The molecule has 0 aliphatic carbocycles. The fourth-order valence-electron chi connectivity index (χ4n) is 2.67. The van der Waals surface area contributed by atoms with Crippen LogP contribution in [-0.2, 0) is 19.8 Å². The summed E-state index contributed by atoms with van der Waals surface area (Å²) < 4.78 is 17.0. The number of ether oxygens (including phenoxy) is 2. The SMILES string of the molecule is Clc1ccc(COc2ccc(NCc3nnc(COc4ccccc4)o3)cc2)cc1. The maximum Gasteiger partial charge on any atom is 0.253 e. The molecule has 0 amide bonds. The second-order valence-corrected chi connectivity index (χ2v) is 6.92. The number of anilines is 1. The molecule has 0 bridgehead atoms. The van der Waals surface area contributed by atoms with E-state index in [1.165, 1.54) is 0 Å². The second-order valence-electron chi connectivity index (χ2n) is 6.48. The Bertz CT molecular complexity index is 1050. The van der Waals surface area contributed by atoms with Crippen LogP contribution >= 0.6 is 11.6 Å². The molecular weight excluding hydrogens is 402 g/mol. The van der Waals surface area contributed by atoms with Crippen molar-refractivity contribution in [1.29, 1.82) is 0 Å². The Morgan fingerprint density at radius 2 is 1.40 bits per heavy atom. The normalized spacial score (nSPS) is 10.6. The first kappa shape index (κ1) is 19.8. The Morgan fingerprint density at radius 1 is 0.733 bits per heavy atom. The van der Waals surface area contributed by atoms with Crippen LogP contribution in [-0.4, -0.2) is 10.2 Å². The molecule has 0 saturated carbocycles. The molecule has 0 spiro atoms. The van der Waals surface area contributed by atoms with Crippen LogP contribution < -0.4 is 14.8 Å². The summed E-state index contributed by atoms with van der Waals surface area (Å²) in [4.78, 5) is 0. The molecule has 1 N–H and O–H groups in total. The van der Waals surface area contributed by atoms with Gasteiger partial charge >= 0.3 is 0 Å². The molecule has 4 rings (SSSR count). The van der Waals surface area contributed by atoms with Gasteiger partial charge in [0.1, 0.15) is 18.1 Å². The highest BCUT2D eigenvalue weighted by Crippen LogP contribution is 2.18. The third kappa shape index (κ3) is 5.75. The molecule has 7 heteroatoms. The molecule has 0 fully saturated rings. The lowest BCUT2D eigenvalue weighted by Crippen LogP contribution is -2.00. The summed E-state index contributed by atoms with van der Waals surface area (Å²) in [6.45, 7) is 1.14. The molecule has 1 heterocycles. The Kier molecular flexibility index (Phi) is 6.47. The topological polar surface area (TPSA) is 69.4 Å². The third-order valence-corrected chi connectivity index (χ3v) is 4.48. The average molecular weight is 422 g/mol. The van der Waals surface area contributed by atoms with E-state index in [0.29, 0.717) is 30.0 Å². The summed E-state index contributed by atoms with van der Waals surface area (Å²) in [6.07, 6.45) is 0. The molecule has 3 aromatic carbocycles. The van der Waals surface area contributed by atoms with E-state index in [-0.39, 0.29) is 6.61 Å². The van der Waals surface area contributed by atoms with Crippen molar-refractivity contribution < 1.29 is 13.9 Å². The Hall–Kier alpha value is -3.51. The van der Waals surface area contributed by atoms with E-state index in [4.69, 9.17) is 25.5 Å². The predicted octanol–water partition coefficient (Wildman–Crippen LogP) is 5.49. The van der Waals surface area contributed by atoms with E-state index in [2.05, 4.69) is 15.5 Å². The first-order chi connectivity index (χ1) is 14.7. The van der Waals surface area contributed by atoms with Crippen LogP contribution in [0.3, 0.4) is 0 Å². The molecule has 6 nitrogen and oxygen atoms in total. The second kappa shape index (κ2) is 9.80. The lowest BCUT2D eigenvalue weighted by atomic mass is 10.2. The number of hydrogen-bond acceptors (Lipinski definition) is 6. The zero-order valence-corrected chi connectivity index (χ0v) is 16.9. The van der Waals surface area contributed by atoms with Gasteiger partial charge in [-0.25, -0.2) is 0 Å². The van der Waals surface area contributed by atoms with Crippen molar-refractivity contribution in [2.45, 2.75) is 19.8 Å². The number of halogens is 1. The highest BCUT2D eigenvalue weighted by molar-refractivity contribution is 6.30. The molecule has 0 saturated heterocycles. The maximum atomic E-state index is 5.89. The van der Waals surface area contributed by atoms with Gasteiger partial charge in [0.05, 0.1) is 6.54 Å². The fourth-order valence-corrected chi connectivity index (χ4v) is 2.80. The van der Waals surface area contributed by atoms with Crippen molar-refractivity contribution in [2.24, 2.45) is 0 Å². The number of aromatic nitrogens is 2. The van der Waals surface area contributed by atoms with E-state index < -0.39 is 0 Å². The summed E-state index contributed by atoms with van der Waals surface area (Å²) in [6, 6.07) is 24.8. The Balaban J connectivity index is 1.23. The first-order valence-electron chi connectivity index (χ1n) is 9.45. The maximum absolute atomic E-state index is 5.89. The number of nitrogens with zero attached hydrogens (tertiary/aromatic N) is 2. The van der Waals surface area contributed by atoms with Gasteiger partial charge in [-0.15, -0.1) is 10.2 Å². The van der Waals surface area contributed by atoms with Crippen LogP contribution in [0.4, 0.5) is 5.69 Å². The molecular formula is C23H20ClN3O3. The monoisotopic (exact) mass is 421 g/mol. The van der Waals surface area contributed by atoms with E-state index in [1.807, 2.05) is 78.9 Å². The minimum absolute atomic E-state index is 0.233. The smallest absolute Gasteiger partial charge is 0.253 e. The van der Waals surface area contributed by atoms with Gasteiger partial charge in [0.2, 0.25) is 5.89 Å². The standard InChI is InChI=1S/C23H20ClN3O3/c24-18-8-6-17(7-9-18)15-28-21-12-10-19(11-13-21)25-14-22-26-27-23(30-22)16-29-20-4-2-1-3-5-20/h1-13,25H,14-16H2. The van der Waals surface area contributed by atoms with Gasteiger partial charge in [-0.2, -0.15) is 0 Å². The van der Waals surface area contributed by atoms with Crippen molar-refractivity contribution >= 4 is 17.3 Å². The zero-order chi connectivity index (χ0) is 20.6. The molecule has 1 aromatic heterocycles. The van der Waals surface area contributed by atoms with Crippen LogP contribution in [0.1, 0.15) is 17.3 Å². The molecule has 0 atom stereocenters. The van der Waals surface area contributed by atoms with Gasteiger partial charge in [-0.3, -0.25) is 0 Å². The van der Waals surface area contributed by atoms with Gasteiger partial charge in [0.15, 0.2) is 6.61 Å². The van der Waals surface area contributed by atoms with Crippen LogP contribution in [0.15, 0.2) is 83.3 Å². The molecule has 0 radical (unpaired) electrons. The summed E-state index contributed by atoms with van der Waals surface area (Å²) in [5.74, 6) is 2.47. The summed E-state index contributed by atoms with van der Waals surface area (Å²) >= 11 is 5.89. The Morgan fingerprint density at radius 3 is 2.17 bits per heavy atom. The third-order valence-electron chi connectivity index (χ3n) is 4.23. The van der Waals surface area contributed by atoms with E-state index >= 15 is 0 Å². The molecule has 30 heavy (non-hydrogen) atoms. The van der Waals surface area contributed by atoms with Crippen molar-refractivity contribution in [3.63, 3.8) is 0 Å². The lowest BCUT2D eigenvalue weighted by Gasteiger charge is -2.08. The first-order valence-corrected chi connectivity index (χ1v) is 9.83. The quantitative estimate of drug-likeness (QED) is 0.385. The minimum atomic E-state index is 0.233. The number of nitrogens with one attached hydrogen (secondary N) is 1. The highest BCUT2D eigenvalue weighted by atomic mass is 35.5. The number of hydrogen-bond donors (Lipinski definition) is 1. The van der Waals surface area contributed by atoms with Gasteiger partial charge in [0, 0.05) is 10.7 Å². The molecule has 0 aliphatic heterocycles. The van der Waals surface area contributed by atoms with Crippen molar-refractivity contribution in [2.75, 3.05) is 5.32 Å². The van der Waals surface area contributed by atoms with Crippen LogP contribution in [0.25, 0.3) is 0 Å². The van der Waals surface area contributed by atoms with Gasteiger partial charge in [0.25, 0.3) is 5.89 Å². The van der Waals surface area contributed by atoms with Crippen molar-refractivity contribution in [1.82, 2.24) is 10.2 Å². The van der Waals surface area contributed by atoms with Gasteiger partial charge in [-0.1, -0.05) is 41.9 Å². The van der Waals surface area contributed by atoms with Gasteiger partial charge < -0.3 is 19.2 Å². The van der Waals surface area contributed by atoms with Gasteiger partial charge in [-0.05, 0) is 54.1 Å². The Labute approximate surface area is 179 Å². The lowest BCUT2D eigenvalue weighted by molar-refractivity contribution is 0.259. The summed E-state index contributed by atoms with van der Waals surface area (Å²) in [5.41, 5.74) is 1.99. The average Bonchev–Trinajstić information content (AvgIpc) is 3.25. The van der Waals surface area contributed by atoms with E-state index in [0.717, 1.165) is 22.7 Å². The summed E-state index contributed by atoms with van der Waals surface area (Å²) in [7, 11) is 0. The molecule has 4 aromatic rings. The predicted molar refractivity (Wildman–Crippen MR) is 115 cm³/mol. The van der Waals surface area contributed by atoms with E-state index in [1.54, 1.807) is 0 Å². The summed E-state index contributed by atoms with van der Waals surface area (Å²) in [5, 5.41) is 12.0. The zero-order valence-electron chi connectivity index (χ0n) is 16.1. The van der Waals surface area contributed by atoms with Crippen LogP contribution in [0.2, 0.25) is 5.02 Å². The van der Waals surface area contributed by atoms with Crippen molar-refractivity contribution in [3.05, 3.63) is 101 Å². The largest absolute Gasteiger partial charge is 0.489 e. The minimum Gasteiger partial charge on any atom is -0.489 e. The van der Waals surface area contributed by atoms with E-state index in [9.17, 15) is 0 Å². The molecule has 0 aliphatic rings. The van der Waals surface area contributed by atoms with Crippen LogP contribution in [0, 0.1) is 0 Å². The highest BCUT2D eigenvalue weighted by Gasteiger charge is 2.07. The number of rotatable bonds is 9. The van der Waals surface area contributed by atoms with Crippen molar-refractivity contribution in [3.8, 4) is 11.5 Å².